The summed E-state index contributed by atoms with van der Waals surface area (Å²) in [5.74, 6) is 1.72. The second kappa shape index (κ2) is 6.12. The van der Waals surface area contributed by atoms with Gasteiger partial charge in [-0.15, -0.1) is 0 Å². The van der Waals surface area contributed by atoms with Gasteiger partial charge in [0.1, 0.15) is 5.76 Å². The summed E-state index contributed by atoms with van der Waals surface area (Å²) in [5, 5.41) is 5.50. The third-order valence-electron chi connectivity index (χ3n) is 5.80. The molecule has 3 heteroatoms. The van der Waals surface area contributed by atoms with E-state index in [1.807, 2.05) is 13.8 Å². The molecule has 0 bridgehead atoms. The number of hydrogen-bond donors (Lipinski definition) is 0. The maximum Gasteiger partial charge on any atom is 0.141 e. The lowest BCUT2D eigenvalue weighted by Crippen LogP contribution is -1.98. The van der Waals surface area contributed by atoms with E-state index < -0.39 is 0 Å². The molecule has 3 nitrogen and oxygen atoms in total. The Morgan fingerprint density at radius 3 is 2.56 bits per heavy atom. The van der Waals surface area contributed by atoms with Crippen molar-refractivity contribution in [2.24, 2.45) is 5.92 Å². The van der Waals surface area contributed by atoms with E-state index in [0.717, 1.165) is 29.5 Å². The van der Waals surface area contributed by atoms with Gasteiger partial charge in [-0.3, -0.25) is 0 Å². The largest absolute Gasteiger partial charge is 0.361 e. The first-order chi connectivity index (χ1) is 13.1. The van der Waals surface area contributed by atoms with Crippen molar-refractivity contribution in [1.82, 2.24) is 9.72 Å². The summed E-state index contributed by atoms with van der Waals surface area (Å²) in [5.41, 5.74) is 8.43. The maximum absolute atomic E-state index is 5.46. The Morgan fingerprint density at radius 1 is 1.04 bits per heavy atom. The number of rotatable bonds is 4. The highest BCUT2D eigenvalue weighted by molar-refractivity contribution is 6.00. The van der Waals surface area contributed by atoms with E-state index in [9.17, 15) is 0 Å². The van der Waals surface area contributed by atoms with Crippen LogP contribution in [0.15, 0.2) is 53.2 Å². The fourth-order valence-corrected chi connectivity index (χ4v) is 4.17. The summed E-state index contributed by atoms with van der Waals surface area (Å²) in [4.78, 5) is 0. The number of hydrogen-bond acceptors (Lipinski definition) is 2. The molecule has 5 rings (SSSR count). The van der Waals surface area contributed by atoms with E-state index in [2.05, 4.69) is 65.3 Å². The molecule has 1 saturated carbocycles. The molecule has 0 amide bonds. The van der Waals surface area contributed by atoms with E-state index in [1.54, 1.807) is 0 Å². The highest BCUT2D eigenvalue weighted by atomic mass is 16.5. The molecule has 27 heavy (non-hydrogen) atoms. The van der Waals surface area contributed by atoms with Crippen molar-refractivity contribution >= 4 is 10.9 Å². The van der Waals surface area contributed by atoms with Crippen LogP contribution in [-0.4, -0.2) is 9.72 Å². The number of nitrogens with zero attached hydrogens (tertiary/aromatic N) is 2. The Bertz CT molecular complexity index is 1130. The molecule has 0 unspecified atom stereocenters. The van der Waals surface area contributed by atoms with Crippen LogP contribution in [0.1, 0.15) is 29.9 Å². The van der Waals surface area contributed by atoms with Crippen molar-refractivity contribution in [3.63, 3.8) is 0 Å². The maximum atomic E-state index is 5.46. The minimum absolute atomic E-state index is 0.838. The van der Waals surface area contributed by atoms with Gasteiger partial charge >= 0.3 is 0 Å². The molecule has 1 fully saturated rings. The second-order valence-electron chi connectivity index (χ2n) is 7.88. The Hall–Kier alpha value is -2.81. The van der Waals surface area contributed by atoms with E-state index >= 15 is 0 Å². The number of benzene rings is 2. The van der Waals surface area contributed by atoms with Crippen molar-refractivity contribution in [3.8, 4) is 22.3 Å². The Balaban J connectivity index is 1.80. The number of fused-ring (bicyclic) bond motifs is 1. The van der Waals surface area contributed by atoms with Crippen LogP contribution in [0.5, 0.6) is 0 Å². The lowest BCUT2D eigenvalue weighted by molar-refractivity contribution is 0.393. The van der Waals surface area contributed by atoms with Crippen LogP contribution in [-0.2, 0) is 6.54 Å². The first-order valence-electron chi connectivity index (χ1n) is 9.74. The van der Waals surface area contributed by atoms with Crippen LogP contribution >= 0.6 is 0 Å². The first-order valence-corrected chi connectivity index (χ1v) is 9.74. The molecule has 4 aromatic rings. The van der Waals surface area contributed by atoms with Crippen LogP contribution in [0.3, 0.4) is 0 Å². The van der Waals surface area contributed by atoms with Crippen molar-refractivity contribution in [2.45, 2.75) is 40.2 Å². The smallest absolute Gasteiger partial charge is 0.141 e. The SMILES string of the molecule is Cc1ccccc1-c1cc(-c2c(C)noc2C)cc2c1ccn2CC1CC1. The van der Waals surface area contributed by atoms with Gasteiger partial charge in [0.2, 0.25) is 0 Å². The summed E-state index contributed by atoms with van der Waals surface area (Å²) in [7, 11) is 0. The van der Waals surface area contributed by atoms with Crippen molar-refractivity contribution in [3.05, 3.63) is 65.7 Å². The number of aromatic nitrogens is 2. The summed E-state index contributed by atoms with van der Waals surface area (Å²) >= 11 is 0. The quantitative estimate of drug-likeness (QED) is 0.430. The van der Waals surface area contributed by atoms with E-state index in [-0.39, 0.29) is 0 Å². The Morgan fingerprint density at radius 2 is 1.85 bits per heavy atom. The molecule has 0 aliphatic heterocycles. The standard InChI is InChI=1S/C24H24N2O/c1-15-6-4-5-7-20(15)22-12-19(24-16(2)25-27-17(24)3)13-23-21(22)10-11-26(23)14-18-8-9-18/h4-7,10-13,18H,8-9,14H2,1-3H3. The van der Waals surface area contributed by atoms with Gasteiger partial charge in [0.25, 0.3) is 0 Å². The van der Waals surface area contributed by atoms with Crippen LogP contribution in [0.4, 0.5) is 0 Å². The lowest BCUT2D eigenvalue weighted by Gasteiger charge is -2.13. The summed E-state index contributed by atoms with van der Waals surface area (Å²) in [6.07, 6.45) is 4.96. The van der Waals surface area contributed by atoms with Crippen LogP contribution < -0.4 is 0 Å². The summed E-state index contributed by atoms with van der Waals surface area (Å²) in [6, 6.07) is 15.5. The first kappa shape index (κ1) is 16.4. The minimum Gasteiger partial charge on any atom is -0.361 e. The third-order valence-corrected chi connectivity index (χ3v) is 5.80. The molecular formula is C24H24N2O. The predicted molar refractivity (Wildman–Crippen MR) is 110 cm³/mol. The van der Waals surface area contributed by atoms with Crippen LogP contribution in [0.2, 0.25) is 0 Å². The average Bonchev–Trinajstić information content (AvgIpc) is 3.30. The molecule has 1 aliphatic carbocycles. The topological polar surface area (TPSA) is 31.0 Å². The van der Waals surface area contributed by atoms with Gasteiger partial charge in [-0.25, -0.2) is 0 Å². The molecule has 2 aromatic carbocycles. The average molecular weight is 356 g/mol. The molecule has 0 spiro atoms. The van der Waals surface area contributed by atoms with Crippen LogP contribution in [0.25, 0.3) is 33.2 Å². The molecule has 2 heterocycles. The third kappa shape index (κ3) is 2.78. The van der Waals surface area contributed by atoms with E-state index in [4.69, 9.17) is 4.52 Å². The highest BCUT2D eigenvalue weighted by Gasteiger charge is 2.23. The monoisotopic (exact) mass is 356 g/mol. The molecule has 0 saturated heterocycles. The van der Waals surface area contributed by atoms with Gasteiger partial charge in [0, 0.05) is 29.2 Å². The molecule has 2 aromatic heterocycles. The van der Waals surface area contributed by atoms with Gasteiger partial charge < -0.3 is 9.09 Å². The molecular weight excluding hydrogens is 332 g/mol. The van der Waals surface area contributed by atoms with Crippen LogP contribution in [0, 0.1) is 26.7 Å². The van der Waals surface area contributed by atoms with Gasteiger partial charge in [0.15, 0.2) is 0 Å². The van der Waals surface area contributed by atoms with Gasteiger partial charge in [-0.1, -0.05) is 29.4 Å². The van der Waals surface area contributed by atoms with Crippen molar-refractivity contribution in [1.29, 1.82) is 0 Å². The van der Waals surface area contributed by atoms with Gasteiger partial charge in [0.05, 0.1) is 5.69 Å². The minimum atomic E-state index is 0.838. The Kier molecular flexibility index (Phi) is 3.71. The van der Waals surface area contributed by atoms with Crippen molar-refractivity contribution in [2.75, 3.05) is 0 Å². The van der Waals surface area contributed by atoms with E-state index in [1.165, 1.54) is 46.0 Å². The molecule has 136 valence electrons. The molecule has 1 aliphatic rings. The van der Waals surface area contributed by atoms with E-state index in [0.29, 0.717) is 0 Å². The van der Waals surface area contributed by atoms with Gasteiger partial charge in [-0.05, 0) is 80.0 Å². The van der Waals surface area contributed by atoms with Gasteiger partial charge in [-0.2, -0.15) is 0 Å². The zero-order valence-corrected chi connectivity index (χ0v) is 16.1. The van der Waals surface area contributed by atoms with Crippen molar-refractivity contribution < 1.29 is 4.52 Å². The Labute approximate surface area is 159 Å². The highest BCUT2D eigenvalue weighted by Crippen LogP contribution is 2.39. The zero-order chi connectivity index (χ0) is 18.5. The molecule has 0 N–H and O–H groups in total. The predicted octanol–water partition coefficient (Wildman–Crippen LogP) is 6.30. The fourth-order valence-electron chi connectivity index (χ4n) is 4.17. The normalized spacial score (nSPS) is 14.2. The second-order valence-corrected chi connectivity index (χ2v) is 7.88. The summed E-state index contributed by atoms with van der Waals surface area (Å²) < 4.78 is 7.89. The lowest BCUT2D eigenvalue weighted by atomic mass is 9.93. The number of aryl methyl sites for hydroxylation is 3. The fraction of sp³-hybridized carbons (Fsp3) is 0.292. The molecule has 0 radical (unpaired) electrons. The zero-order valence-electron chi connectivity index (χ0n) is 16.1. The summed E-state index contributed by atoms with van der Waals surface area (Å²) in [6.45, 7) is 7.32. The molecule has 0 atom stereocenters.